The Morgan fingerprint density at radius 3 is 2.38 bits per heavy atom. The molecule has 0 spiro atoms. The van der Waals surface area contributed by atoms with Crippen LogP contribution in [0.15, 0.2) is 0 Å². The molecule has 0 unspecified atom stereocenters. The van der Waals surface area contributed by atoms with Gasteiger partial charge in [-0.15, -0.1) is 0 Å². The lowest BCUT2D eigenvalue weighted by atomic mass is 10.1. The van der Waals surface area contributed by atoms with E-state index >= 15 is 0 Å². The Balaban J connectivity index is 2.51. The minimum atomic E-state index is -0.581. The molecule has 0 amide bonds. The Morgan fingerprint density at radius 1 is 1.38 bits per heavy atom. The van der Waals surface area contributed by atoms with Crippen LogP contribution in [-0.4, -0.2) is 36.0 Å². The third kappa shape index (κ3) is 2.52. The summed E-state index contributed by atoms with van der Waals surface area (Å²) in [6, 6.07) is 0. The van der Waals surface area contributed by atoms with Crippen LogP contribution in [0, 0.1) is 0 Å². The van der Waals surface area contributed by atoms with E-state index in [1.54, 1.807) is 0 Å². The smallest absolute Gasteiger partial charge is 0.294 e. The molecule has 1 aliphatic rings. The van der Waals surface area contributed by atoms with Crippen molar-refractivity contribution in [1.29, 1.82) is 0 Å². The lowest BCUT2D eigenvalue weighted by molar-refractivity contribution is -0.163. The van der Waals surface area contributed by atoms with Crippen LogP contribution in [0.25, 0.3) is 0 Å². The van der Waals surface area contributed by atoms with Crippen molar-refractivity contribution in [2.45, 2.75) is 32.4 Å². The van der Waals surface area contributed by atoms with Gasteiger partial charge in [0, 0.05) is 25.9 Å². The van der Waals surface area contributed by atoms with Crippen molar-refractivity contribution in [3.05, 3.63) is 0 Å². The molecule has 0 N–H and O–H groups in total. The van der Waals surface area contributed by atoms with Crippen molar-refractivity contribution in [2.24, 2.45) is 0 Å². The molecule has 0 aliphatic carbocycles. The Hall–Kier alpha value is -0.900. The van der Waals surface area contributed by atoms with Crippen LogP contribution in [0.2, 0.25) is 0 Å². The molecular formula is C9H15NO3. The highest BCUT2D eigenvalue weighted by atomic mass is 16.6. The predicted molar refractivity (Wildman–Crippen MR) is 47.0 cm³/mol. The van der Waals surface area contributed by atoms with E-state index in [1.807, 2.05) is 18.7 Å². The maximum atomic E-state index is 11.0. The molecule has 1 aliphatic heterocycles. The molecule has 0 aromatic rings. The van der Waals surface area contributed by atoms with E-state index in [0.29, 0.717) is 32.4 Å². The van der Waals surface area contributed by atoms with Gasteiger partial charge in [-0.2, -0.15) is 0 Å². The van der Waals surface area contributed by atoms with Crippen LogP contribution in [-0.2, 0) is 14.3 Å². The van der Waals surface area contributed by atoms with Gasteiger partial charge in [-0.1, -0.05) is 0 Å². The standard InChI is InChI=1S/C9H15NO3/c1-9(2,13-7-11)10-5-3-8(12)4-6-10/h7H,3-6H2,1-2H3. The van der Waals surface area contributed by atoms with Gasteiger partial charge in [0.15, 0.2) is 5.72 Å². The van der Waals surface area contributed by atoms with Crippen molar-refractivity contribution >= 4 is 12.3 Å². The molecule has 4 heteroatoms. The highest BCUT2D eigenvalue weighted by Gasteiger charge is 2.30. The van der Waals surface area contributed by atoms with Crippen LogP contribution in [0.3, 0.4) is 0 Å². The SMILES string of the molecule is CC(C)(OC=O)N1CCC(=O)CC1. The third-order valence-electron chi connectivity index (χ3n) is 2.42. The van der Waals surface area contributed by atoms with Crippen molar-refractivity contribution in [1.82, 2.24) is 4.90 Å². The number of hydrogen-bond donors (Lipinski definition) is 0. The largest absolute Gasteiger partial charge is 0.446 e. The molecule has 1 fully saturated rings. The summed E-state index contributed by atoms with van der Waals surface area (Å²) in [4.78, 5) is 23.2. The van der Waals surface area contributed by atoms with E-state index in [2.05, 4.69) is 0 Å². The van der Waals surface area contributed by atoms with Crippen molar-refractivity contribution in [2.75, 3.05) is 13.1 Å². The summed E-state index contributed by atoms with van der Waals surface area (Å²) in [7, 11) is 0. The Bertz CT molecular complexity index is 203. The monoisotopic (exact) mass is 185 g/mol. The average Bonchev–Trinajstić information content (AvgIpc) is 2.05. The summed E-state index contributed by atoms with van der Waals surface area (Å²) in [6.07, 6.45) is 1.12. The zero-order valence-corrected chi connectivity index (χ0v) is 8.08. The number of Topliss-reactive ketones (excluding diaryl/α,β-unsaturated/α-hetero) is 1. The van der Waals surface area contributed by atoms with E-state index in [1.165, 1.54) is 0 Å². The summed E-state index contributed by atoms with van der Waals surface area (Å²) >= 11 is 0. The zero-order chi connectivity index (χ0) is 9.90. The van der Waals surface area contributed by atoms with E-state index in [9.17, 15) is 9.59 Å². The fourth-order valence-electron chi connectivity index (χ4n) is 1.49. The average molecular weight is 185 g/mol. The topological polar surface area (TPSA) is 46.6 Å². The lowest BCUT2D eigenvalue weighted by Gasteiger charge is -2.38. The normalized spacial score (nSPS) is 20.0. The molecule has 13 heavy (non-hydrogen) atoms. The maximum Gasteiger partial charge on any atom is 0.294 e. The summed E-state index contributed by atoms with van der Waals surface area (Å²) in [5.74, 6) is 0.290. The number of carbonyl (C=O) groups is 2. The van der Waals surface area contributed by atoms with Crippen LogP contribution in [0.1, 0.15) is 26.7 Å². The first-order valence-corrected chi connectivity index (χ1v) is 4.44. The first kappa shape index (κ1) is 10.2. The molecule has 4 nitrogen and oxygen atoms in total. The van der Waals surface area contributed by atoms with Crippen molar-refractivity contribution in [3.8, 4) is 0 Å². The summed E-state index contributed by atoms with van der Waals surface area (Å²) in [5.41, 5.74) is -0.581. The highest BCUT2D eigenvalue weighted by molar-refractivity contribution is 5.79. The second-order valence-corrected chi connectivity index (χ2v) is 3.69. The molecule has 1 rings (SSSR count). The zero-order valence-electron chi connectivity index (χ0n) is 8.08. The minimum absolute atomic E-state index is 0.290. The van der Waals surface area contributed by atoms with Gasteiger partial charge < -0.3 is 4.74 Å². The Labute approximate surface area is 77.8 Å². The van der Waals surface area contributed by atoms with Crippen LogP contribution in [0.4, 0.5) is 0 Å². The first-order chi connectivity index (χ1) is 6.06. The van der Waals surface area contributed by atoms with Gasteiger partial charge in [-0.25, -0.2) is 0 Å². The molecule has 1 heterocycles. The van der Waals surface area contributed by atoms with E-state index in [-0.39, 0.29) is 5.78 Å². The highest BCUT2D eigenvalue weighted by Crippen LogP contribution is 2.19. The molecule has 0 saturated carbocycles. The lowest BCUT2D eigenvalue weighted by Crippen LogP contribution is -2.49. The van der Waals surface area contributed by atoms with Gasteiger partial charge in [0.1, 0.15) is 5.78 Å². The fourth-order valence-corrected chi connectivity index (χ4v) is 1.49. The Morgan fingerprint density at radius 2 is 1.92 bits per heavy atom. The van der Waals surface area contributed by atoms with E-state index in [4.69, 9.17) is 4.74 Å². The number of piperidine rings is 1. The van der Waals surface area contributed by atoms with Gasteiger partial charge in [0.25, 0.3) is 6.47 Å². The first-order valence-electron chi connectivity index (χ1n) is 4.44. The quantitative estimate of drug-likeness (QED) is 0.603. The van der Waals surface area contributed by atoms with Crippen LogP contribution >= 0.6 is 0 Å². The number of hydrogen-bond acceptors (Lipinski definition) is 4. The second-order valence-electron chi connectivity index (χ2n) is 3.69. The minimum Gasteiger partial charge on any atom is -0.446 e. The van der Waals surface area contributed by atoms with Gasteiger partial charge in [-0.3, -0.25) is 14.5 Å². The number of ether oxygens (including phenoxy) is 1. The third-order valence-corrected chi connectivity index (χ3v) is 2.42. The van der Waals surface area contributed by atoms with Crippen LogP contribution in [0.5, 0.6) is 0 Å². The predicted octanol–water partition coefficient (Wildman–Crippen LogP) is 0.560. The molecule has 0 aromatic heterocycles. The fraction of sp³-hybridized carbons (Fsp3) is 0.778. The summed E-state index contributed by atoms with van der Waals surface area (Å²) in [6.45, 7) is 5.48. The van der Waals surface area contributed by atoms with Gasteiger partial charge >= 0.3 is 0 Å². The molecule has 0 bridgehead atoms. The van der Waals surface area contributed by atoms with Crippen molar-refractivity contribution in [3.63, 3.8) is 0 Å². The molecule has 74 valence electrons. The summed E-state index contributed by atoms with van der Waals surface area (Å²) in [5, 5.41) is 0. The van der Waals surface area contributed by atoms with Gasteiger partial charge in [-0.05, 0) is 13.8 Å². The summed E-state index contributed by atoms with van der Waals surface area (Å²) < 4.78 is 4.94. The van der Waals surface area contributed by atoms with Crippen LogP contribution < -0.4 is 0 Å². The van der Waals surface area contributed by atoms with E-state index < -0.39 is 5.72 Å². The maximum absolute atomic E-state index is 11.0. The molecule has 0 atom stereocenters. The number of likely N-dealkylation sites (tertiary alicyclic amines) is 1. The van der Waals surface area contributed by atoms with Crippen molar-refractivity contribution < 1.29 is 14.3 Å². The number of carbonyl (C=O) groups excluding carboxylic acids is 2. The molecular weight excluding hydrogens is 170 g/mol. The second kappa shape index (κ2) is 3.87. The van der Waals surface area contributed by atoms with Gasteiger partial charge in [0.05, 0.1) is 0 Å². The molecule has 0 radical (unpaired) electrons. The number of rotatable bonds is 3. The number of ketones is 1. The molecule has 0 aromatic carbocycles. The van der Waals surface area contributed by atoms with Gasteiger partial charge in [0.2, 0.25) is 0 Å². The molecule has 1 saturated heterocycles. The van der Waals surface area contributed by atoms with E-state index in [0.717, 1.165) is 0 Å². The number of nitrogens with zero attached hydrogens (tertiary/aromatic N) is 1. The Kier molecular flexibility index (Phi) is 3.03.